The van der Waals surface area contributed by atoms with Crippen molar-refractivity contribution in [2.45, 2.75) is 26.7 Å². The van der Waals surface area contributed by atoms with Crippen LogP contribution in [0.1, 0.15) is 33.9 Å². The van der Waals surface area contributed by atoms with Gasteiger partial charge in [0.2, 0.25) is 0 Å². The minimum atomic E-state index is 0.0624. The molecular formula is C20H20N2O3. The van der Waals surface area contributed by atoms with E-state index in [1.807, 2.05) is 56.3 Å². The lowest BCUT2D eigenvalue weighted by Gasteiger charge is -2.04. The first-order valence-electron chi connectivity index (χ1n) is 8.14. The molecule has 0 saturated carbocycles. The van der Waals surface area contributed by atoms with E-state index in [4.69, 9.17) is 9.26 Å². The number of benzene rings is 1. The van der Waals surface area contributed by atoms with E-state index >= 15 is 0 Å². The Bertz CT molecular complexity index is 882. The van der Waals surface area contributed by atoms with E-state index in [9.17, 15) is 4.79 Å². The summed E-state index contributed by atoms with van der Waals surface area (Å²) >= 11 is 0. The van der Waals surface area contributed by atoms with Gasteiger partial charge < -0.3 is 9.26 Å². The van der Waals surface area contributed by atoms with Gasteiger partial charge in [-0.25, -0.2) is 0 Å². The van der Waals surface area contributed by atoms with Crippen LogP contribution < -0.4 is 4.74 Å². The quantitative estimate of drug-likeness (QED) is 0.632. The smallest absolute Gasteiger partial charge is 0.165 e. The fourth-order valence-electron chi connectivity index (χ4n) is 2.68. The topological polar surface area (TPSA) is 65.2 Å². The third-order valence-electron chi connectivity index (χ3n) is 4.07. The van der Waals surface area contributed by atoms with Crippen molar-refractivity contribution in [2.75, 3.05) is 7.11 Å². The van der Waals surface area contributed by atoms with Gasteiger partial charge in [0, 0.05) is 41.4 Å². The molecule has 3 rings (SSSR count). The van der Waals surface area contributed by atoms with Crippen LogP contribution in [0.15, 0.2) is 47.0 Å². The Labute approximate surface area is 146 Å². The fourth-order valence-corrected chi connectivity index (χ4v) is 2.68. The van der Waals surface area contributed by atoms with Crippen molar-refractivity contribution in [2.24, 2.45) is 0 Å². The minimum absolute atomic E-state index is 0.0624. The molecule has 3 aromatic rings. The lowest BCUT2D eigenvalue weighted by atomic mass is 10.0. The number of carbonyl (C=O) groups is 1. The van der Waals surface area contributed by atoms with E-state index < -0.39 is 0 Å². The maximum Gasteiger partial charge on any atom is 0.165 e. The van der Waals surface area contributed by atoms with Crippen molar-refractivity contribution >= 4 is 5.78 Å². The maximum atomic E-state index is 12.4. The third kappa shape index (κ3) is 3.94. The van der Waals surface area contributed by atoms with E-state index in [-0.39, 0.29) is 5.78 Å². The number of nitrogens with zero attached hydrogens (tertiary/aromatic N) is 2. The molecule has 0 bridgehead atoms. The maximum absolute atomic E-state index is 12.4. The summed E-state index contributed by atoms with van der Waals surface area (Å²) in [5.74, 6) is 1.55. The molecule has 5 heteroatoms. The number of Topliss-reactive ketones (excluding diaryl/α,β-unsaturated/α-hetero) is 1. The average Bonchev–Trinajstić information content (AvgIpc) is 3.09. The van der Waals surface area contributed by atoms with Gasteiger partial charge >= 0.3 is 0 Å². The molecule has 0 spiro atoms. The second-order valence-corrected chi connectivity index (χ2v) is 5.92. The van der Waals surface area contributed by atoms with Gasteiger partial charge in [0.1, 0.15) is 17.2 Å². The highest BCUT2D eigenvalue weighted by Gasteiger charge is 2.13. The SMILES string of the molecule is COc1ccc(-c2cc(CCC(=O)c3ccc(C)nc3C)on2)cc1. The highest BCUT2D eigenvalue weighted by molar-refractivity contribution is 5.97. The standard InChI is InChI=1S/C20H20N2O3/c1-13-4-10-18(14(2)21-13)20(23)11-9-17-12-19(22-25-17)15-5-7-16(24-3)8-6-15/h4-8,10,12H,9,11H2,1-3H3. The normalized spacial score (nSPS) is 10.7. The van der Waals surface area contributed by atoms with Crippen LogP contribution in [0, 0.1) is 13.8 Å². The largest absolute Gasteiger partial charge is 0.497 e. The zero-order valence-electron chi connectivity index (χ0n) is 14.6. The number of hydrogen-bond acceptors (Lipinski definition) is 5. The number of hydrogen-bond donors (Lipinski definition) is 0. The molecule has 2 heterocycles. The van der Waals surface area contributed by atoms with Crippen molar-refractivity contribution in [3.63, 3.8) is 0 Å². The van der Waals surface area contributed by atoms with Crippen LogP contribution in [-0.4, -0.2) is 23.0 Å². The first kappa shape index (κ1) is 16.9. The van der Waals surface area contributed by atoms with E-state index in [1.165, 1.54) is 0 Å². The summed E-state index contributed by atoms with van der Waals surface area (Å²) in [7, 11) is 1.63. The lowest BCUT2D eigenvalue weighted by Crippen LogP contribution is -2.05. The van der Waals surface area contributed by atoms with Crippen molar-refractivity contribution < 1.29 is 14.1 Å². The predicted octanol–water partition coefficient (Wildman–Crippen LogP) is 4.18. The van der Waals surface area contributed by atoms with Crippen LogP contribution in [-0.2, 0) is 6.42 Å². The molecule has 5 nitrogen and oxygen atoms in total. The predicted molar refractivity (Wildman–Crippen MR) is 94.9 cm³/mol. The average molecular weight is 336 g/mol. The zero-order valence-corrected chi connectivity index (χ0v) is 14.6. The van der Waals surface area contributed by atoms with E-state index in [0.29, 0.717) is 24.2 Å². The second kappa shape index (κ2) is 7.30. The summed E-state index contributed by atoms with van der Waals surface area (Å²) in [4.78, 5) is 16.7. The number of methoxy groups -OCH3 is 1. The van der Waals surface area contributed by atoms with Gasteiger partial charge in [-0.1, -0.05) is 5.16 Å². The number of ketones is 1. The van der Waals surface area contributed by atoms with Crippen LogP contribution in [0.2, 0.25) is 0 Å². The second-order valence-electron chi connectivity index (χ2n) is 5.92. The van der Waals surface area contributed by atoms with E-state index in [1.54, 1.807) is 7.11 Å². The van der Waals surface area contributed by atoms with E-state index in [0.717, 1.165) is 28.4 Å². The van der Waals surface area contributed by atoms with Crippen LogP contribution in [0.4, 0.5) is 0 Å². The molecular weight excluding hydrogens is 316 g/mol. The molecule has 0 N–H and O–H groups in total. The Morgan fingerprint density at radius 3 is 2.56 bits per heavy atom. The van der Waals surface area contributed by atoms with Gasteiger partial charge in [0.25, 0.3) is 0 Å². The summed E-state index contributed by atoms with van der Waals surface area (Å²) in [6.45, 7) is 3.77. The Morgan fingerprint density at radius 1 is 1.12 bits per heavy atom. The first-order valence-corrected chi connectivity index (χ1v) is 8.14. The molecule has 0 atom stereocenters. The Kier molecular flexibility index (Phi) is 4.93. The molecule has 0 aliphatic heterocycles. The number of aryl methyl sites for hydroxylation is 3. The molecule has 1 aromatic carbocycles. The number of ether oxygens (including phenoxy) is 1. The van der Waals surface area contributed by atoms with Gasteiger partial charge in [-0.3, -0.25) is 9.78 Å². The van der Waals surface area contributed by atoms with Crippen molar-refractivity contribution in [3.8, 4) is 17.0 Å². The molecule has 0 amide bonds. The summed E-state index contributed by atoms with van der Waals surface area (Å²) < 4.78 is 10.5. The van der Waals surface area contributed by atoms with Crippen LogP contribution >= 0.6 is 0 Å². The third-order valence-corrected chi connectivity index (χ3v) is 4.07. The number of aromatic nitrogens is 2. The number of rotatable bonds is 6. The number of pyridine rings is 1. The van der Waals surface area contributed by atoms with E-state index in [2.05, 4.69) is 10.1 Å². The first-order chi connectivity index (χ1) is 12.1. The highest BCUT2D eigenvalue weighted by Crippen LogP contribution is 2.23. The molecule has 0 saturated heterocycles. The Hall–Kier alpha value is -2.95. The lowest BCUT2D eigenvalue weighted by molar-refractivity contribution is 0.0979. The minimum Gasteiger partial charge on any atom is -0.497 e. The van der Waals surface area contributed by atoms with Gasteiger partial charge in [-0.15, -0.1) is 0 Å². The molecule has 0 radical (unpaired) electrons. The molecule has 0 aliphatic rings. The zero-order chi connectivity index (χ0) is 17.8. The van der Waals surface area contributed by atoms with Gasteiger partial charge in [-0.05, 0) is 50.2 Å². The van der Waals surface area contributed by atoms with Gasteiger partial charge in [0.05, 0.1) is 7.11 Å². The summed E-state index contributed by atoms with van der Waals surface area (Å²) in [5, 5.41) is 4.08. The van der Waals surface area contributed by atoms with Crippen molar-refractivity contribution in [3.05, 3.63) is 65.2 Å². The summed E-state index contributed by atoms with van der Waals surface area (Å²) in [6, 6.07) is 13.2. The highest BCUT2D eigenvalue weighted by atomic mass is 16.5. The Balaban J connectivity index is 1.66. The summed E-state index contributed by atoms with van der Waals surface area (Å²) in [5.41, 5.74) is 4.04. The summed E-state index contributed by atoms with van der Waals surface area (Å²) in [6.07, 6.45) is 0.873. The van der Waals surface area contributed by atoms with Crippen LogP contribution in [0.3, 0.4) is 0 Å². The molecule has 25 heavy (non-hydrogen) atoms. The Morgan fingerprint density at radius 2 is 1.88 bits per heavy atom. The number of carbonyl (C=O) groups excluding carboxylic acids is 1. The molecule has 0 aliphatic carbocycles. The molecule has 0 fully saturated rings. The van der Waals surface area contributed by atoms with Crippen LogP contribution in [0.5, 0.6) is 5.75 Å². The monoisotopic (exact) mass is 336 g/mol. The van der Waals surface area contributed by atoms with Crippen LogP contribution in [0.25, 0.3) is 11.3 Å². The van der Waals surface area contributed by atoms with Crippen molar-refractivity contribution in [1.29, 1.82) is 0 Å². The fraction of sp³-hybridized carbons (Fsp3) is 0.250. The molecule has 0 unspecified atom stereocenters. The van der Waals surface area contributed by atoms with Crippen molar-refractivity contribution in [1.82, 2.24) is 10.1 Å². The van der Waals surface area contributed by atoms with Gasteiger partial charge in [0.15, 0.2) is 5.78 Å². The molecule has 2 aromatic heterocycles. The van der Waals surface area contributed by atoms with Gasteiger partial charge in [-0.2, -0.15) is 0 Å². The molecule has 128 valence electrons.